The van der Waals surface area contributed by atoms with Crippen LogP contribution in [0.25, 0.3) is 11.0 Å². The lowest BCUT2D eigenvalue weighted by molar-refractivity contribution is -0.0177. The summed E-state index contributed by atoms with van der Waals surface area (Å²) < 4.78 is 8.84. The molecule has 3 rings (SSSR count). The van der Waals surface area contributed by atoms with E-state index in [1.807, 2.05) is 18.2 Å². The summed E-state index contributed by atoms with van der Waals surface area (Å²) >= 11 is 0. The van der Waals surface area contributed by atoms with Crippen molar-refractivity contribution in [1.82, 2.24) is 9.13 Å². The minimum absolute atomic E-state index is 0.0582. The maximum absolute atomic E-state index is 11.9. The Bertz CT molecular complexity index is 701. The molecule has 108 valence electrons. The van der Waals surface area contributed by atoms with Gasteiger partial charge >= 0.3 is 5.69 Å². The summed E-state index contributed by atoms with van der Waals surface area (Å²) in [6.07, 6.45) is 0.175. The summed E-state index contributed by atoms with van der Waals surface area (Å²) in [5.41, 5.74) is 2.45. The van der Waals surface area contributed by atoms with Crippen LogP contribution in [0.2, 0.25) is 0 Å². The Balaban J connectivity index is 2.05. The molecule has 1 saturated heterocycles. The fourth-order valence-corrected chi connectivity index (χ4v) is 3.02. The smallest absolute Gasteiger partial charge is 0.328 e. The van der Waals surface area contributed by atoms with Gasteiger partial charge in [0.25, 0.3) is 0 Å². The lowest BCUT2D eigenvalue weighted by Crippen LogP contribution is -2.23. The molecule has 2 aromatic rings. The van der Waals surface area contributed by atoms with E-state index in [0.29, 0.717) is 12.5 Å². The van der Waals surface area contributed by atoms with Crippen LogP contribution in [-0.2, 0) is 18.8 Å². The predicted octanol–water partition coefficient (Wildman–Crippen LogP) is 1.34. The normalized spacial score (nSPS) is 24.4. The number of benzene rings is 1. The lowest BCUT2D eigenvalue weighted by atomic mass is 9.94. The second kappa shape index (κ2) is 4.75. The molecule has 1 aliphatic rings. The molecular weight excluding hydrogens is 256 g/mol. The summed E-state index contributed by atoms with van der Waals surface area (Å²) in [4.78, 5) is 11.9. The molecule has 0 amide bonds. The zero-order valence-electron chi connectivity index (χ0n) is 12.0. The number of fused-ring (bicyclic) bond motifs is 1. The quantitative estimate of drug-likeness (QED) is 0.900. The second-order valence-electron chi connectivity index (χ2n) is 5.69. The van der Waals surface area contributed by atoms with Gasteiger partial charge in [-0.3, -0.25) is 9.13 Å². The van der Waals surface area contributed by atoms with Gasteiger partial charge in [-0.25, -0.2) is 4.79 Å². The Hall–Kier alpha value is -1.59. The summed E-state index contributed by atoms with van der Waals surface area (Å²) in [6, 6.07) is 5.64. The van der Waals surface area contributed by atoms with Crippen molar-refractivity contribution in [1.29, 1.82) is 0 Å². The number of hydrogen-bond acceptors (Lipinski definition) is 3. The highest BCUT2D eigenvalue weighted by atomic mass is 16.5. The number of aryl methyl sites for hydroxylation is 2. The van der Waals surface area contributed by atoms with E-state index >= 15 is 0 Å². The van der Waals surface area contributed by atoms with Crippen molar-refractivity contribution in [3.63, 3.8) is 0 Å². The van der Waals surface area contributed by atoms with Crippen molar-refractivity contribution in [3.05, 3.63) is 34.2 Å². The van der Waals surface area contributed by atoms with Crippen LogP contribution in [0.3, 0.4) is 0 Å². The van der Waals surface area contributed by atoms with E-state index in [9.17, 15) is 9.90 Å². The molecule has 3 unspecified atom stereocenters. The number of nitrogens with zero attached hydrogens (tertiary/aromatic N) is 2. The van der Waals surface area contributed by atoms with Gasteiger partial charge in [-0.15, -0.1) is 0 Å². The van der Waals surface area contributed by atoms with Gasteiger partial charge in [-0.1, -0.05) is 13.0 Å². The third-order valence-electron chi connectivity index (χ3n) is 4.39. The van der Waals surface area contributed by atoms with Crippen molar-refractivity contribution in [3.8, 4) is 0 Å². The molecular formula is C15H20N2O3. The van der Waals surface area contributed by atoms with E-state index in [2.05, 4.69) is 6.92 Å². The molecule has 0 spiro atoms. The Morgan fingerprint density at radius 1 is 1.30 bits per heavy atom. The molecule has 3 atom stereocenters. The van der Waals surface area contributed by atoms with Crippen molar-refractivity contribution < 1.29 is 9.84 Å². The summed E-state index contributed by atoms with van der Waals surface area (Å²) in [5, 5.41) is 10.5. The number of rotatable bonds is 2. The van der Waals surface area contributed by atoms with E-state index in [0.717, 1.165) is 23.0 Å². The number of imidazole rings is 1. The highest BCUT2D eigenvalue weighted by molar-refractivity contribution is 5.77. The molecule has 1 aromatic carbocycles. The van der Waals surface area contributed by atoms with Crippen LogP contribution in [0, 0.1) is 5.92 Å². The maximum atomic E-state index is 11.9. The van der Waals surface area contributed by atoms with Gasteiger partial charge in [0.1, 0.15) is 6.10 Å². The Morgan fingerprint density at radius 2 is 2.00 bits per heavy atom. The van der Waals surface area contributed by atoms with E-state index < -0.39 is 6.10 Å². The molecule has 20 heavy (non-hydrogen) atoms. The van der Waals surface area contributed by atoms with E-state index in [4.69, 9.17) is 4.74 Å². The van der Waals surface area contributed by atoms with Crippen molar-refractivity contribution in [2.45, 2.75) is 25.6 Å². The fourth-order valence-electron chi connectivity index (χ4n) is 3.02. The van der Waals surface area contributed by atoms with E-state index in [1.165, 1.54) is 0 Å². The minimum Gasteiger partial charge on any atom is -0.386 e. The van der Waals surface area contributed by atoms with E-state index in [-0.39, 0.29) is 11.8 Å². The summed E-state index contributed by atoms with van der Waals surface area (Å²) in [6.45, 7) is 2.80. The van der Waals surface area contributed by atoms with Crippen LogP contribution in [0.15, 0.2) is 23.0 Å². The van der Waals surface area contributed by atoms with Gasteiger partial charge in [-0.2, -0.15) is 0 Å². The first kappa shape index (κ1) is 13.4. The van der Waals surface area contributed by atoms with Crippen molar-refractivity contribution in [2.24, 2.45) is 20.0 Å². The lowest BCUT2D eigenvalue weighted by Gasteiger charge is -2.21. The first-order valence-corrected chi connectivity index (χ1v) is 6.95. The molecule has 1 aromatic heterocycles. The first-order chi connectivity index (χ1) is 9.50. The highest BCUT2D eigenvalue weighted by Crippen LogP contribution is 2.32. The third-order valence-corrected chi connectivity index (χ3v) is 4.39. The van der Waals surface area contributed by atoms with Gasteiger partial charge in [0.2, 0.25) is 0 Å². The number of hydrogen-bond donors (Lipinski definition) is 1. The number of aliphatic hydroxyl groups excluding tert-OH is 1. The number of aliphatic hydroxyl groups is 1. The molecule has 0 aliphatic carbocycles. The molecule has 1 aliphatic heterocycles. The standard InChI is InChI=1S/C15H20N2O3/c1-9-6-7-20-14(9)13(18)10-4-5-11-12(8-10)17(3)15(19)16(11)2/h4-5,8-9,13-14,18H,6-7H2,1-3H3. The molecule has 2 heterocycles. The molecule has 0 saturated carbocycles. The van der Waals surface area contributed by atoms with Crippen LogP contribution in [0.1, 0.15) is 25.0 Å². The topological polar surface area (TPSA) is 56.4 Å². The zero-order valence-corrected chi connectivity index (χ0v) is 12.0. The molecule has 1 N–H and O–H groups in total. The van der Waals surface area contributed by atoms with Crippen molar-refractivity contribution in [2.75, 3.05) is 6.61 Å². The average Bonchev–Trinajstić information content (AvgIpc) is 2.97. The first-order valence-electron chi connectivity index (χ1n) is 6.95. The predicted molar refractivity (Wildman–Crippen MR) is 76.6 cm³/mol. The van der Waals surface area contributed by atoms with Gasteiger partial charge < -0.3 is 9.84 Å². The zero-order chi connectivity index (χ0) is 14.4. The molecule has 0 bridgehead atoms. The maximum Gasteiger partial charge on any atom is 0.328 e. The van der Waals surface area contributed by atoms with Crippen molar-refractivity contribution >= 4 is 11.0 Å². The fraction of sp³-hybridized carbons (Fsp3) is 0.533. The van der Waals surface area contributed by atoms with Crippen LogP contribution >= 0.6 is 0 Å². The van der Waals surface area contributed by atoms with Gasteiger partial charge in [0.05, 0.1) is 17.1 Å². The van der Waals surface area contributed by atoms with Gasteiger partial charge in [-0.05, 0) is 30.0 Å². The van der Waals surface area contributed by atoms with Gasteiger partial charge in [0, 0.05) is 20.7 Å². The van der Waals surface area contributed by atoms with Gasteiger partial charge in [0.15, 0.2) is 0 Å². The molecule has 0 radical (unpaired) electrons. The van der Waals surface area contributed by atoms with Crippen LogP contribution in [-0.4, -0.2) is 27.0 Å². The Kier molecular flexibility index (Phi) is 3.18. The summed E-state index contributed by atoms with van der Waals surface area (Å²) in [5.74, 6) is 0.347. The number of ether oxygens (including phenoxy) is 1. The third kappa shape index (κ3) is 1.89. The summed E-state index contributed by atoms with van der Waals surface area (Å²) in [7, 11) is 3.50. The number of aromatic nitrogens is 2. The Morgan fingerprint density at radius 3 is 2.65 bits per heavy atom. The largest absolute Gasteiger partial charge is 0.386 e. The minimum atomic E-state index is -0.646. The molecule has 5 nitrogen and oxygen atoms in total. The van der Waals surface area contributed by atoms with Crippen LogP contribution < -0.4 is 5.69 Å². The monoisotopic (exact) mass is 276 g/mol. The average molecular weight is 276 g/mol. The highest BCUT2D eigenvalue weighted by Gasteiger charge is 2.32. The van der Waals surface area contributed by atoms with Crippen LogP contribution in [0.5, 0.6) is 0 Å². The van der Waals surface area contributed by atoms with Crippen LogP contribution in [0.4, 0.5) is 0 Å². The molecule has 5 heteroatoms. The molecule has 1 fully saturated rings. The van der Waals surface area contributed by atoms with E-state index in [1.54, 1.807) is 23.2 Å². The SMILES string of the molecule is CC1CCOC1C(O)c1ccc2c(c1)n(C)c(=O)n2C. The Labute approximate surface area is 117 Å². The second-order valence-corrected chi connectivity index (χ2v) is 5.69.